The number of carbonyl (C=O) groups is 1. The van der Waals surface area contributed by atoms with Crippen LogP contribution in [0.3, 0.4) is 0 Å². The van der Waals surface area contributed by atoms with Crippen LogP contribution in [0, 0.1) is 6.92 Å². The van der Waals surface area contributed by atoms with Gasteiger partial charge in [-0.3, -0.25) is 4.79 Å². The molecule has 0 spiro atoms. The molecule has 2 rings (SSSR count). The Hall–Kier alpha value is -1.77. The second-order valence-corrected chi connectivity index (χ2v) is 3.76. The van der Waals surface area contributed by atoms with Crippen molar-refractivity contribution in [2.75, 3.05) is 0 Å². The highest BCUT2D eigenvalue weighted by atomic mass is 16.1. The van der Waals surface area contributed by atoms with Crippen LogP contribution in [0.4, 0.5) is 0 Å². The summed E-state index contributed by atoms with van der Waals surface area (Å²) < 4.78 is 0. The molecular formula is C12H14N2O. The van der Waals surface area contributed by atoms with Crippen LogP contribution in [-0.4, -0.2) is 10.9 Å². The van der Waals surface area contributed by atoms with E-state index in [1.165, 1.54) is 17.9 Å². The molecule has 3 nitrogen and oxygen atoms in total. The van der Waals surface area contributed by atoms with Gasteiger partial charge in [0.15, 0.2) is 0 Å². The number of hydrogen-bond acceptors (Lipinski definition) is 1. The monoisotopic (exact) mass is 202 g/mol. The lowest BCUT2D eigenvalue weighted by molar-refractivity contribution is -0.119. The van der Waals surface area contributed by atoms with Crippen molar-refractivity contribution in [1.29, 1.82) is 0 Å². The standard InChI is InChI=1S/C12H14N2O/c1-8-6-14-12-4-3-10(5-11(8)12)7-13-9(2)15/h3-6,14H,7H2,1-2H3,(H,13,15). The predicted octanol–water partition coefficient (Wildman–Crippen LogP) is 2.11. The van der Waals surface area contributed by atoms with Gasteiger partial charge >= 0.3 is 0 Å². The molecule has 0 saturated heterocycles. The summed E-state index contributed by atoms with van der Waals surface area (Å²) in [5.74, 6) is 0.000822. The zero-order valence-corrected chi connectivity index (χ0v) is 8.92. The smallest absolute Gasteiger partial charge is 0.217 e. The number of hydrogen-bond donors (Lipinski definition) is 2. The summed E-state index contributed by atoms with van der Waals surface area (Å²) in [6.45, 7) is 4.19. The van der Waals surface area contributed by atoms with E-state index in [4.69, 9.17) is 0 Å². The van der Waals surface area contributed by atoms with Gasteiger partial charge in [0, 0.05) is 30.6 Å². The van der Waals surface area contributed by atoms with Crippen LogP contribution < -0.4 is 5.32 Å². The number of rotatable bonds is 2. The molecule has 0 saturated carbocycles. The number of fused-ring (bicyclic) bond motifs is 1. The van der Waals surface area contributed by atoms with Crippen molar-refractivity contribution in [1.82, 2.24) is 10.3 Å². The number of aromatic nitrogens is 1. The van der Waals surface area contributed by atoms with E-state index in [9.17, 15) is 4.79 Å². The van der Waals surface area contributed by atoms with Gasteiger partial charge < -0.3 is 10.3 Å². The number of aromatic amines is 1. The highest BCUT2D eigenvalue weighted by Crippen LogP contribution is 2.18. The average molecular weight is 202 g/mol. The SMILES string of the molecule is CC(=O)NCc1ccc2[nH]cc(C)c2c1. The molecule has 0 aliphatic rings. The number of benzene rings is 1. The molecule has 1 aromatic carbocycles. The van der Waals surface area contributed by atoms with Crippen LogP contribution in [0.15, 0.2) is 24.4 Å². The first-order valence-corrected chi connectivity index (χ1v) is 4.98. The first-order chi connectivity index (χ1) is 7.16. The highest BCUT2D eigenvalue weighted by molar-refractivity contribution is 5.83. The molecule has 0 aliphatic carbocycles. The molecule has 0 bridgehead atoms. The lowest BCUT2D eigenvalue weighted by atomic mass is 10.1. The van der Waals surface area contributed by atoms with E-state index >= 15 is 0 Å². The Morgan fingerprint density at radius 1 is 1.47 bits per heavy atom. The fourth-order valence-corrected chi connectivity index (χ4v) is 1.64. The molecule has 0 fully saturated rings. The summed E-state index contributed by atoms with van der Waals surface area (Å²) in [5, 5.41) is 4.01. The van der Waals surface area contributed by atoms with E-state index < -0.39 is 0 Å². The van der Waals surface area contributed by atoms with Gasteiger partial charge in [-0.15, -0.1) is 0 Å². The minimum absolute atomic E-state index is 0.000822. The third kappa shape index (κ3) is 2.01. The van der Waals surface area contributed by atoms with Crippen molar-refractivity contribution >= 4 is 16.8 Å². The molecule has 1 heterocycles. The molecule has 0 unspecified atom stereocenters. The summed E-state index contributed by atoms with van der Waals surface area (Å²) in [6.07, 6.45) is 1.99. The Balaban J connectivity index is 2.29. The molecule has 15 heavy (non-hydrogen) atoms. The summed E-state index contributed by atoms with van der Waals surface area (Å²) in [7, 11) is 0. The van der Waals surface area contributed by atoms with Gasteiger partial charge in [0.2, 0.25) is 5.91 Å². The summed E-state index contributed by atoms with van der Waals surface area (Å²) in [4.78, 5) is 14.0. The molecule has 1 amide bonds. The molecule has 2 N–H and O–H groups in total. The van der Waals surface area contributed by atoms with Crippen LogP contribution in [0.1, 0.15) is 18.1 Å². The second-order valence-electron chi connectivity index (χ2n) is 3.76. The lowest BCUT2D eigenvalue weighted by Crippen LogP contribution is -2.18. The zero-order valence-electron chi connectivity index (χ0n) is 8.92. The van der Waals surface area contributed by atoms with Gasteiger partial charge in [-0.2, -0.15) is 0 Å². The van der Waals surface area contributed by atoms with Crippen LogP contribution in [0.25, 0.3) is 10.9 Å². The normalized spacial score (nSPS) is 10.5. The Bertz CT molecular complexity index is 499. The van der Waals surface area contributed by atoms with Crippen molar-refractivity contribution in [3.63, 3.8) is 0 Å². The first kappa shape index (κ1) is 9.77. The quantitative estimate of drug-likeness (QED) is 0.769. The summed E-state index contributed by atoms with van der Waals surface area (Å²) in [6, 6.07) is 6.17. The molecule has 1 aromatic heterocycles. The number of aryl methyl sites for hydroxylation is 1. The molecule has 0 radical (unpaired) electrons. The van der Waals surface area contributed by atoms with E-state index in [1.54, 1.807) is 0 Å². The largest absolute Gasteiger partial charge is 0.361 e. The van der Waals surface area contributed by atoms with Gasteiger partial charge in [-0.25, -0.2) is 0 Å². The summed E-state index contributed by atoms with van der Waals surface area (Å²) >= 11 is 0. The van der Waals surface area contributed by atoms with Crippen LogP contribution in [0.5, 0.6) is 0 Å². The Morgan fingerprint density at radius 2 is 2.27 bits per heavy atom. The minimum Gasteiger partial charge on any atom is -0.361 e. The van der Waals surface area contributed by atoms with E-state index in [1.807, 2.05) is 18.3 Å². The minimum atomic E-state index is 0.000822. The summed E-state index contributed by atoms with van der Waals surface area (Å²) in [5.41, 5.74) is 3.49. The van der Waals surface area contributed by atoms with Crippen LogP contribution >= 0.6 is 0 Å². The maximum atomic E-state index is 10.8. The van der Waals surface area contributed by atoms with Crippen molar-refractivity contribution in [3.05, 3.63) is 35.5 Å². The van der Waals surface area contributed by atoms with Crippen LogP contribution in [0.2, 0.25) is 0 Å². The van der Waals surface area contributed by atoms with Crippen molar-refractivity contribution < 1.29 is 4.79 Å². The molecule has 0 aliphatic heterocycles. The van der Waals surface area contributed by atoms with Crippen molar-refractivity contribution in [2.24, 2.45) is 0 Å². The fraction of sp³-hybridized carbons (Fsp3) is 0.250. The molecule has 2 aromatic rings. The molecule has 78 valence electrons. The fourth-order valence-electron chi connectivity index (χ4n) is 1.64. The zero-order chi connectivity index (χ0) is 10.8. The van der Waals surface area contributed by atoms with Crippen molar-refractivity contribution in [2.45, 2.75) is 20.4 Å². The van der Waals surface area contributed by atoms with Gasteiger partial charge in [0.25, 0.3) is 0 Å². The third-order valence-corrected chi connectivity index (χ3v) is 2.49. The average Bonchev–Trinajstić information content (AvgIpc) is 2.57. The number of nitrogens with one attached hydrogen (secondary N) is 2. The first-order valence-electron chi connectivity index (χ1n) is 4.98. The lowest BCUT2D eigenvalue weighted by Gasteiger charge is -2.02. The van der Waals surface area contributed by atoms with E-state index in [-0.39, 0.29) is 5.91 Å². The number of H-pyrrole nitrogens is 1. The maximum absolute atomic E-state index is 10.8. The van der Waals surface area contributed by atoms with Crippen molar-refractivity contribution in [3.8, 4) is 0 Å². The van der Waals surface area contributed by atoms with Gasteiger partial charge in [0.1, 0.15) is 0 Å². The Morgan fingerprint density at radius 3 is 3.00 bits per heavy atom. The molecule has 3 heteroatoms. The number of amides is 1. The van der Waals surface area contributed by atoms with Gasteiger partial charge in [-0.05, 0) is 30.2 Å². The second kappa shape index (κ2) is 3.77. The number of carbonyl (C=O) groups excluding carboxylic acids is 1. The van der Waals surface area contributed by atoms with Gasteiger partial charge in [-0.1, -0.05) is 6.07 Å². The molecular weight excluding hydrogens is 188 g/mol. The van der Waals surface area contributed by atoms with E-state index in [0.717, 1.165) is 11.1 Å². The topological polar surface area (TPSA) is 44.9 Å². The highest BCUT2D eigenvalue weighted by Gasteiger charge is 2.01. The maximum Gasteiger partial charge on any atom is 0.217 e. The molecule has 0 atom stereocenters. The van der Waals surface area contributed by atoms with E-state index in [2.05, 4.69) is 23.3 Å². The Labute approximate surface area is 88.5 Å². The van der Waals surface area contributed by atoms with Gasteiger partial charge in [0.05, 0.1) is 0 Å². The van der Waals surface area contributed by atoms with Crippen LogP contribution in [-0.2, 0) is 11.3 Å². The third-order valence-electron chi connectivity index (χ3n) is 2.49. The van der Waals surface area contributed by atoms with E-state index in [0.29, 0.717) is 6.54 Å². The predicted molar refractivity (Wildman–Crippen MR) is 60.6 cm³/mol. The Kier molecular flexibility index (Phi) is 2.46.